The van der Waals surface area contributed by atoms with Gasteiger partial charge in [0.2, 0.25) is 5.91 Å². The van der Waals surface area contributed by atoms with Crippen molar-refractivity contribution in [1.82, 2.24) is 10.4 Å². The van der Waals surface area contributed by atoms with Crippen LogP contribution in [-0.2, 0) is 4.79 Å². The third-order valence-corrected chi connectivity index (χ3v) is 4.37. The zero-order valence-corrected chi connectivity index (χ0v) is 13.7. The number of hydrogen-bond acceptors (Lipinski definition) is 3. The van der Waals surface area contributed by atoms with Crippen LogP contribution in [0.3, 0.4) is 0 Å². The van der Waals surface area contributed by atoms with Gasteiger partial charge in [0.1, 0.15) is 0 Å². The van der Waals surface area contributed by atoms with E-state index in [9.17, 15) is 18.0 Å². The Morgan fingerprint density at radius 1 is 1.20 bits per heavy atom. The topological polar surface area (TPSA) is 56.1 Å². The number of amides is 1. The zero-order valence-electron chi connectivity index (χ0n) is 13.7. The van der Waals surface area contributed by atoms with Crippen molar-refractivity contribution in [1.29, 1.82) is 5.26 Å². The quantitative estimate of drug-likeness (QED) is 0.898. The highest BCUT2D eigenvalue weighted by atomic mass is 19.4. The predicted molar refractivity (Wildman–Crippen MR) is 86.1 cm³/mol. The summed E-state index contributed by atoms with van der Waals surface area (Å²) in [5.74, 6) is -0.438. The van der Waals surface area contributed by atoms with Gasteiger partial charge in [-0.05, 0) is 48.4 Å². The molecule has 0 saturated carbocycles. The first-order valence-electron chi connectivity index (χ1n) is 7.71. The Labute approximate surface area is 142 Å². The molecule has 1 saturated heterocycles. The van der Waals surface area contributed by atoms with E-state index in [4.69, 9.17) is 5.26 Å². The number of carbonyl (C=O) groups is 1. The van der Waals surface area contributed by atoms with Gasteiger partial charge < -0.3 is 0 Å². The molecule has 1 heterocycles. The fourth-order valence-electron chi connectivity index (χ4n) is 3.21. The van der Waals surface area contributed by atoms with Crippen LogP contribution < -0.4 is 5.43 Å². The number of carbonyl (C=O) groups excluding carboxylic acids is 1. The number of benzene rings is 2. The molecule has 1 N–H and O–H groups in total. The zero-order chi connectivity index (χ0) is 18.4. The molecule has 3 rings (SSSR count). The van der Waals surface area contributed by atoms with E-state index in [1.807, 2.05) is 6.07 Å². The van der Waals surface area contributed by atoms with Gasteiger partial charge in [0, 0.05) is 12.0 Å². The van der Waals surface area contributed by atoms with Crippen molar-refractivity contribution in [2.24, 2.45) is 0 Å². The third-order valence-electron chi connectivity index (χ3n) is 4.37. The molecule has 2 aromatic carbocycles. The lowest BCUT2D eigenvalue weighted by atomic mass is 9.95. The molecule has 0 aliphatic carbocycles. The van der Waals surface area contributed by atoms with Crippen LogP contribution in [0.2, 0.25) is 0 Å². The highest BCUT2D eigenvalue weighted by Crippen LogP contribution is 2.43. The third kappa shape index (κ3) is 3.17. The lowest BCUT2D eigenvalue weighted by Crippen LogP contribution is -2.51. The van der Waals surface area contributed by atoms with Gasteiger partial charge in [-0.1, -0.05) is 18.2 Å². The van der Waals surface area contributed by atoms with E-state index in [1.165, 1.54) is 12.1 Å². The molecule has 25 heavy (non-hydrogen) atoms. The highest BCUT2D eigenvalue weighted by molar-refractivity contribution is 5.84. The number of hydrazine groups is 1. The van der Waals surface area contributed by atoms with Gasteiger partial charge in [0.15, 0.2) is 6.04 Å². The van der Waals surface area contributed by atoms with Crippen LogP contribution >= 0.6 is 0 Å². The standard InChI is InChI=1S/C18H16F3N3O/c1-17(2)9-15(25)23-24(17)16(18(19,20)21)13-6-5-12-4-3-11(10-22)7-14(12)8-13/h3-8,16H,9H2,1-2H3,(H,23,25)/t16-/m0/s1. The molecule has 130 valence electrons. The van der Waals surface area contributed by atoms with Gasteiger partial charge in [-0.25, -0.2) is 0 Å². The van der Waals surface area contributed by atoms with Crippen molar-refractivity contribution >= 4 is 16.7 Å². The van der Waals surface area contributed by atoms with Gasteiger partial charge in [-0.3, -0.25) is 10.2 Å². The molecule has 4 nitrogen and oxygen atoms in total. The normalized spacial score (nSPS) is 18.8. The van der Waals surface area contributed by atoms with Crippen LogP contribution in [0, 0.1) is 11.3 Å². The first kappa shape index (κ1) is 17.2. The van der Waals surface area contributed by atoms with E-state index in [-0.39, 0.29) is 12.0 Å². The van der Waals surface area contributed by atoms with E-state index in [2.05, 4.69) is 5.43 Å². The van der Waals surface area contributed by atoms with Crippen molar-refractivity contribution in [3.05, 3.63) is 47.5 Å². The van der Waals surface area contributed by atoms with E-state index in [1.54, 1.807) is 38.1 Å². The van der Waals surface area contributed by atoms with E-state index in [0.717, 1.165) is 10.4 Å². The molecule has 1 aliphatic rings. The molecule has 7 heteroatoms. The average Bonchev–Trinajstić information content (AvgIpc) is 2.77. The molecule has 1 atom stereocenters. The molecule has 0 aromatic heterocycles. The van der Waals surface area contributed by atoms with Crippen LogP contribution in [0.25, 0.3) is 10.8 Å². The summed E-state index contributed by atoms with van der Waals surface area (Å²) in [4.78, 5) is 11.7. The molecule has 0 bridgehead atoms. The minimum atomic E-state index is -4.57. The summed E-state index contributed by atoms with van der Waals surface area (Å²) < 4.78 is 41.5. The maximum atomic E-state index is 13.8. The average molecular weight is 347 g/mol. The lowest BCUT2D eigenvalue weighted by Gasteiger charge is -2.38. The second-order valence-corrected chi connectivity index (χ2v) is 6.77. The molecular weight excluding hydrogens is 331 g/mol. The first-order chi connectivity index (χ1) is 11.6. The van der Waals surface area contributed by atoms with Crippen LogP contribution in [0.5, 0.6) is 0 Å². The van der Waals surface area contributed by atoms with Crippen molar-refractivity contribution in [3.63, 3.8) is 0 Å². The molecular formula is C18H16F3N3O. The molecule has 1 amide bonds. The van der Waals surface area contributed by atoms with Gasteiger partial charge in [-0.2, -0.15) is 23.4 Å². The number of rotatable bonds is 2. The monoisotopic (exact) mass is 347 g/mol. The Kier molecular flexibility index (Phi) is 3.96. The highest BCUT2D eigenvalue weighted by Gasteiger charge is 2.52. The largest absolute Gasteiger partial charge is 0.409 e. The Hall–Kier alpha value is -2.59. The van der Waals surface area contributed by atoms with E-state index in [0.29, 0.717) is 10.9 Å². The molecule has 0 spiro atoms. The van der Waals surface area contributed by atoms with E-state index >= 15 is 0 Å². The second kappa shape index (κ2) is 5.74. The lowest BCUT2D eigenvalue weighted by molar-refractivity contribution is -0.203. The summed E-state index contributed by atoms with van der Waals surface area (Å²) >= 11 is 0. The smallest absolute Gasteiger partial charge is 0.287 e. The van der Waals surface area contributed by atoms with Gasteiger partial charge in [0.25, 0.3) is 0 Å². The second-order valence-electron chi connectivity index (χ2n) is 6.77. The Balaban J connectivity index is 2.13. The van der Waals surface area contributed by atoms with Crippen molar-refractivity contribution in [2.75, 3.05) is 0 Å². The molecule has 0 radical (unpaired) electrons. The van der Waals surface area contributed by atoms with Crippen LogP contribution in [0.15, 0.2) is 36.4 Å². The number of alkyl halides is 3. The Morgan fingerprint density at radius 3 is 2.44 bits per heavy atom. The fraction of sp³-hybridized carbons (Fsp3) is 0.333. The van der Waals surface area contributed by atoms with Gasteiger partial charge >= 0.3 is 6.18 Å². The minimum absolute atomic E-state index is 0.00819. The minimum Gasteiger partial charge on any atom is -0.287 e. The fourth-order valence-corrected chi connectivity index (χ4v) is 3.21. The maximum absolute atomic E-state index is 13.8. The summed E-state index contributed by atoms with van der Waals surface area (Å²) in [6, 6.07) is 9.31. The van der Waals surface area contributed by atoms with Gasteiger partial charge in [-0.15, -0.1) is 0 Å². The number of nitrogens with one attached hydrogen (secondary N) is 1. The first-order valence-corrected chi connectivity index (χ1v) is 7.71. The number of halogens is 3. The predicted octanol–water partition coefficient (Wildman–Crippen LogP) is 3.83. The molecule has 2 aromatic rings. The van der Waals surface area contributed by atoms with Crippen LogP contribution in [-0.4, -0.2) is 22.6 Å². The SMILES string of the molecule is CC1(C)CC(=O)NN1[C@@H](c1ccc2ccc(C#N)cc2c1)C(F)(F)F. The molecule has 1 aliphatic heterocycles. The van der Waals surface area contributed by atoms with Crippen LogP contribution in [0.1, 0.15) is 37.4 Å². The van der Waals surface area contributed by atoms with Gasteiger partial charge in [0.05, 0.1) is 11.6 Å². The number of fused-ring (bicyclic) bond motifs is 1. The van der Waals surface area contributed by atoms with Crippen molar-refractivity contribution < 1.29 is 18.0 Å². The molecule has 1 fully saturated rings. The summed E-state index contributed by atoms with van der Waals surface area (Å²) in [5, 5.41) is 11.3. The number of nitrogens with zero attached hydrogens (tertiary/aromatic N) is 2. The van der Waals surface area contributed by atoms with Crippen molar-refractivity contribution in [2.45, 2.75) is 38.0 Å². The number of hydrogen-bond donors (Lipinski definition) is 1. The summed E-state index contributed by atoms with van der Waals surface area (Å²) in [6.07, 6.45) is -4.58. The Bertz CT molecular complexity index is 883. The van der Waals surface area contributed by atoms with Crippen molar-refractivity contribution in [3.8, 4) is 6.07 Å². The van der Waals surface area contributed by atoms with Crippen LogP contribution in [0.4, 0.5) is 13.2 Å². The maximum Gasteiger partial charge on any atom is 0.409 e. The summed E-state index contributed by atoms with van der Waals surface area (Å²) in [5.41, 5.74) is 1.77. The number of nitriles is 1. The summed E-state index contributed by atoms with van der Waals surface area (Å²) in [7, 11) is 0. The van der Waals surface area contributed by atoms with E-state index < -0.39 is 23.7 Å². The molecule has 0 unspecified atom stereocenters. The Morgan fingerprint density at radius 2 is 1.88 bits per heavy atom. The summed E-state index contributed by atoms with van der Waals surface area (Å²) in [6.45, 7) is 3.19.